The number of aliphatic hydroxyl groups excluding tert-OH is 1. The minimum atomic E-state index is -0.940. The van der Waals surface area contributed by atoms with E-state index in [0.29, 0.717) is 28.3 Å². The highest BCUT2D eigenvalue weighted by atomic mass is 19.1. The lowest BCUT2D eigenvalue weighted by molar-refractivity contribution is 0.175. The molecule has 6 nitrogen and oxygen atoms in total. The van der Waals surface area contributed by atoms with Crippen LogP contribution in [0, 0.1) is 17.1 Å². The fourth-order valence-electron chi connectivity index (χ4n) is 2.51. The average molecular weight is 391 g/mol. The van der Waals surface area contributed by atoms with Gasteiger partial charge in [-0.3, -0.25) is 0 Å². The molecule has 0 aliphatic rings. The summed E-state index contributed by atoms with van der Waals surface area (Å²) >= 11 is 0. The third-order valence-electron chi connectivity index (χ3n) is 4.04. The zero-order chi connectivity index (χ0) is 20.6. The number of carbonyl (C=O) groups is 1. The van der Waals surface area contributed by atoms with Crippen LogP contribution in [0.3, 0.4) is 0 Å². The number of hydrogen-bond acceptors (Lipinski definition) is 4. The number of anilines is 1. The number of rotatable bonds is 6. The van der Waals surface area contributed by atoms with Gasteiger partial charge in [-0.15, -0.1) is 0 Å². The number of benzene rings is 3. The molecule has 146 valence electrons. The summed E-state index contributed by atoms with van der Waals surface area (Å²) < 4.78 is 18.6. The summed E-state index contributed by atoms with van der Waals surface area (Å²) in [6, 6.07) is 20.5. The Kier molecular flexibility index (Phi) is 6.40. The van der Waals surface area contributed by atoms with E-state index in [2.05, 4.69) is 10.6 Å². The van der Waals surface area contributed by atoms with Gasteiger partial charge in [-0.2, -0.15) is 5.26 Å². The summed E-state index contributed by atoms with van der Waals surface area (Å²) in [5.41, 5.74) is 1.61. The Bertz CT molecular complexity index is 997. The molecule has 0 aliphatic carbocycles. The summed E-state index contributed by atoms with van der Waals surface area (Å²) in [4.78, 5) is 12.0. The number of nitriles is 1. The second-order valence-corrected chi connectivity index (χ2v) is 6.16. The molecular weight excluding hydrogens is 373 g/mol. The summed E-state index contributed by atoms with van der Waals surface area (Å²) in [5.74, 6) is 0.780. The van der Waals surface area contributed by atoms with Crippen molar-refractivity contribution in [2.24, 2.45) is 0 Å². The Morgan fingerprint density at radius 2 is 1.59 bits per heavy atom. The number of nitrogens with zero attached hydrogens (tertiary/aromatic N) is 1. The summed E-state index contributed by atoms with van der Waals surface area (Å²) in [7, 11) is 0. The molecule has 3 aromatic rings. The molecule has 0 saturated heterocycles. The van der Waals surface area contributed by atoms with Crippen molar-refractivity contribution in [2.75, 3.05) is 11.9 Å². The van der Waals surface area contributed by atoms with Crippen LogP contribution in [0.5, 0.6) is 11.5 Å². The van der Waals surface area contributed by atoms with Crippen molar-refractivity contribution in [1.82, 2.24) is 5.32 Å². The Morgan fingerprint density at radius 3 is 2.17 bits per heavy atom. The molecule has 0 saturated carbocycles. The first kappa shape index (κ1) is 19.9. The Hall–Kier alpha value is -3.89. The van der Waals surface area contributed by atoms with Crippen LogP contribution < -0.4 is 15.4 Å². The van der Waals surface area contributed by atoms with E-state index in [1.165, 1.54) is 24.3 Å². The first-order chi connectivity index (χ1) is 14.0. The van der Waals surface area contributed by atoms with Gasteiger partial charge in [-0.05, 0) is 66.2 Å². The number of urea groups is 1. The lowest BCUT2D eigenvalue weighted by Gasteiger charge is -2.13. The van der Waals surface area contributed by atoms with Gasteiger partial charge in [0, 0.05) is 12.2 Å². The number of hydrogen-bond donors (Lipinski definition) is 3. The van der Waals surface area contributed by atoms with Gasteiger partial charge in [0.05, 0.1) is 17.7 Å². The van der Waals surface area contributed by atoms with Gasteiger partial charge in [0.2, 0.25) is 0 Å². The van der Waals surface area contributed by atoms with Crippen molar-refractivity contribution in [1.29, 1.82) is 5.26 Å². The maximum Gasteiger partial charge on any atom is 0.319 e. The van der Waals surface area contributed by atoms with Crippen molar-refractivity contribution in [2.45, 2.75) is 6.10 Å². The molecule has 7 heteroatoms. The molecule has 0 heterocycles. The summed E-state index contributed by atoms with van der Waals surface area (Å²) in [5, 5.41) is 24.0. The summed E-state index contributed by atoms with van der Waals surface area (Å²) in [6.07, 6.45) is -0.940. The van der Waals surface area contributed by atoms with Gasteiger partial charge in [-0.25, -0.2) is 9.18 Å². The molecule has 29 heavy (non-hydrogen) atoms. The predicted molar refractivity (Wildman–Crippen MR) is 106 cm³/mol. The van der Waals surface area contributed by atoms with E-state index in [1.807, 2.05) is 6.07 Å². The topological polar surface area (TPSA) is 94.4 Å². The van der Waals surface area contributed by atoms with Gasteiger partial charge in [0.15, 0.2) is 0 Å². The molecule has 3 rings (SSSR count). The molecule has 0 radical (unpaired) electrons. The van der Waals surface area contributed by atoms with Crippen molar-refractivity contribution >= 4 is 11.7 Å². The lowest BCUT2D eigenvalue weighted by atomic mass is 10.1. The molecule has 3 aromatic carbocycles. The fourth-order valence-corrected chi connectivity index (χ4v) is 2.51. The number of ether oxygens (including phenoxy) is 1. The monoisotopic (exact) mass is 391 g/mol. The second-order valence-electron chi connectivity index (χ2n) is 6.16. The van der Waals surface area contributed by atoms with E-state index >= 15 is 0 Å². The van der Waals surface area contributed by atoms with Gasteiger partial charge in [-0.1, -0.05) is 12.1 Å². The molecule has 3 N–H and O–H groups in total. The van der Waals surface area contributed by atoms with Crippen LogP contribution in [0.2, 0.25) is 0 Å². The van der Waals surface area contributed by atoms with Crippen LogP contribution in [-0.4, -0.2) is 17.7 Å². The van der Waals surface area contributed by atoms with Crippen molar-refractivity contribution in [3.8, 4) is 17.6 Å². The Balaban J connectivity index is 1.49. The quantitative estimate of drug-likeness (QED) is 0.582. The van der Waals surface area contributed by atoms with Crippen LogP contribution >= 0.6 is 0 Å². The highest BCUT2D eigenvalue weighted by Gasteiger charge is 2.10. The highest BCUT2D eigenvalue weighted by molar-refractivity contribution is 5.89. The molecule has 1 unspecified atom stereocenters. The van der Waals surface area contributed by atoms with Crippen LogP contribution in [0.15, 0.2) is 72.8 Å². The van der Waals surface area contributed by atoms with Gasteiger partial charge < -0.3 is 20.5 Å². The number of nitrogens with one attached hydrogen (secondary N) is 2. The van der Waals surface area contributed by atoms with E-state index in [4.69, 9.17) is 10.00 Å². The highest BCUT2D eigenvalue weighted by Crippen LogP contribution is 2.23. The maximum absolute atomic E-state index is 12.9. The maximum atomic E-state index is 12.9. The van der Waals surface area contributed by atoms with Crippen molar-refractivity contribution < 1.29 is 19.0 Å². The largest absolute Gasteiger partial charge is 0.457 e. The van der Waals surface area contributed by atoms with E-state index in [1.54, 1.807) is 48.5 Å². The molecule has 0 aliphatic heterocycles. The molecule has 0 spiro atoms. The first-order valence-electron chi connectivity index (χ1n) is 8.80. The molecular formula is C22H18FN3O3. The average Bonchev–Trinajstić information content (AvgIpc) is 2.74. The predicted octanol–water partition coefficient (Wildman–Crippen LogP) is 4.34. The fraction of sp³-hybridized carbons (Fsp3) is 0.0909. The number of carbonyl (C=O) groups excluding carboxylic acids is 1. The van der Waals surface area contributed by atoms with E-state index in [0.717, 1.165) is 0 Å². The molecule has 0 bridgehead atoms. The van der Waals surface area contributed by atoms with E-state index < -0.39 is 18.0 Å². The van der Waals surface area contributed by atoms with Crippen molar-refractivity contribution in [3.63, 3.8) is 0 Å². The van der Waals surface area contributed by atoms with Gasteiger partial charge >= 0.3 is 6.03 Å². The summed E-state index contributed by atoms with van der Waals surface area (Å²) in [6.45, 7) is -0.0165. The third kappa shape index (κ3) is 5.79. The number of halogens is 1. The normalized spacial score (nSPS) is 11.2. The first-order valence-corrected chi connectivity index (χ1v) is 8.80. The van der Waals surface area contributed by atoms with E-state index in [-0.39, 0.29) is 6.54 Å². The lowest BCUT2D eigenvalue weighted by Crippen LogP contribution is -2.32. The van der Waals surface area contributed by atoms with Crippen LogP contribution in [0.1, 0.15) is 17.2 Å². The minimum absolute atomic E-state index is 0.0165. The molecule has 0 fully saturated rings. The molecule has 1 atom stereocenters. The number of aliphatic hydroxyl groups is 1. The van der Waals surface area contributed by atoms with E-state index in [9.17, 15) is 14.3 Å². The van der Waals surface area contributed by atoms with Crippen LogP contribution in [0.25, 0.3) is 0 Å². The van der Waals surface area contributed by atoms with Gasteiger partial charge in [0.25, 0.3) is 0 Å². The SMILES string of the molecule is N#Cc1ccc(Oc2ccc(NC(=O)NCC(O)c3ccc(F)cc3)cc2)cc1. The zero-order valence-electron chi connectivity index (χ0n) is 15.3. The Labute approximate surface area is 167 Å². The zero-order valence-corrected chi connectivity index (χ0v) is 15.3. The van der Waals surface area contributed by atoms with Crippen LogP contribution in [0.4, 0.5) is 14.9 Å². The minimum Gasteiger partial charge on any atom is -0.457 e. The molecule has 2 amide bonds. The van der Waals surface area contributed by atoms with Crippen molar-refractivity contribution in [3.05, 3.63) is 89.7 Å². The van der Waals surface area contributed by atoms with Crippen LogP contribution in [-0.2, 0) is 0 Å². The molecule has 0 aromatic heterocycles. The second kappa shape index (κ2) is 9.35. The number of amides is 2. The van der Waals surface area contributed by atoms with Gasteiger partial charge in [0.1, 0.15) is 17.3 Å². The Morgan fingerprint density at radius 1 is 1.00 bits per heavy atom. The third-order valence-corrected chi connectivity index (χ3v) is 4.04. The smallest absolute Gasteiger partial charge is 0.319 e. The standard InChI is InChI=1S/C22H18FN3O3/c23-17-5-3-16(4-6-17)21(27)14-25-22(28)26-18-7-11-20(12-8-18)29-19-9-1-15(13-24)2-10-19/h1-12,21,27H,14H2,(H2,25,26,28).